The lowest BCUT2D eigenvalue weighted by molar-refractivity contribution is -0.137. The standard InChI is InChI=1S/C45H37F5N2/c1-43(2,3)27-18-20-37-31(24-27)29-12-7-9-16-35(29)51(37)39-22-26(41-33(46)14-11-15-34(41)47)23-40(42(39)45(48,49)50)52-36-17-10-8-13-30(36)32-25-28(44(4,5)6)19-21-38(32)52/h7-25H,1-6H3. The monoisotopic (exact) mass is 700 g/mol. The van der Waals surface area contributed by atoms with Gasteiger partial charge in [0.1, 0.15) is 17.2 Å². The summed E-state index contributed by atoms with van der Waals surface area (Å²) in [4.78, 5) is 0. The van der Waals surface area contributed by atoms with Crippen molar-refractivity contribution in [3.05, 3.63) is 144 Å². The molecule has 0 saturated heterocycles. The lowest BCUT2D eigenvalue weighted by atomic mass is 9.86. The molecule has 0 spiro atoms. The predicted octanol–water partition coefficient (Wildman–Crippen LogP) is 13.4. The molecule has 0 saturated carbocycles. The Morgan fingerprint density at radius 1 is 0.442 bits per heavy atom. The van der Waals surface area contributed by atoms with Crippen molar-refractivity contribution in [2.45, 2.75) is 58.5 Å². The highest BCUT2D eigenvalue weighted by molar-refractivity contribution is 6.11. The maximum atomic E-state index is 16.1. The molecule has 52 heavy (non-hydrogen) atoms. The molecule has 262 valence electrons. The molecule has 2 nitrogen and oxygen atoms in total. The topological polar surface area (TPSA) is 9.86 Å². The first kappa shape index (κ1) is 33.7. The van der Waals surface area contributed by atoms with Crippen LogP contribution in [0.5, 0.6) is 0 Å². The maximum absolute atomic E-state index is 16.1. The maximum Gasteiger partial charge on any atom is 0.420 e. The highest BCUT2D eigenvalue weighted by Crippen LogP contribution is 2.47. The van der Waals surface area contributed by atoms with E-state index in [9.17, 15) is 0 Å². The fourth-order valence-corrected chi connectivity index (χ4v) is 7.57. The molecule has 0 aliphatic carbocycles. The first-order valence-electron chi connectivity index (χ1n) is 17.3. The van der Waals surface area contributed by atoms with Gasteiger partial charge in [0.15, 0.2) is 0 Å². The zero-order chi connectivity index (χ0) is 36.9. The summed E-state index contributed by atoms with van der Waals surface area (Å²) >= 11 is 0. The van der Waals surface area contributed by atoms with E-state index >= 15 is 22.0 Å². The normalized spacial score (nSPS) is 12.9. The Labute approximate surface area is 298 Å². The van der Waals surface area contributed by atoms with Crippen molar-refractivity contribution in [2.24, 2.45) is 0 Å². The Balaban J connectivity index is 1.59. The third-order valence-corrected chi connectivity index (χ3v) is 10.2. The summed E-state index contributed by atoms with van der Waals surface area (Å²) in [7, 11) is 0. The second kappa shape index (κ2) is 11.5. The molecular formula is C45H37F5N2. The molecule has 0 bridgehead atoms. The molecule has 6 aromatic carbocycles. The fourth-order valence-electron chi connectivity index (χ4n) is 7.57. The van der Waals surface area contributed by atoms with E-state index in [2.05, 4.69) is 41.5 Å². The summed E-state index contributed by atoms with van der Waals surface area (Å²) in [6, 6.07) is 32.4. The molecule has 0 amide bonds. The van der Waals surface area contributed by atoms with Crippen LogP contribution in [0.4, 0.5) is 22.0 Å². The average molecular weight is 701 g/mol. The highest BCUT2D eigenvalue weighted by atomic mass is 19.4. The summed E-state index contributed by atoms with van der Waals surface area (Å²) in [5, 5.41) is 3.11. The number of benzene rings is 6. The van der Waals surface area contributed by atoms with Gasteiger partial charge >= 0.3 is 6.18 Å². The number of nitrogens with zero attached hydrogens (tertiary/aromatic N) is 2. The van der Waals surface area contributed by atoms with Gasteiger partial charge in [-0.05, 0) is 88.2 Å². The Morgan fingerprint density at radius 2 is 0.846 bits per heavy atom. The van der Waals surface area contributed by atoms with Crippen LogP contribution >= 0.6 is 0 Å². The lowest BCUT2D eigenvalue weighted by Crippen LogP contribution is -2.16. The molecule has 8 aromatic rings. The van der Waals surface area contributed by atoms with Crippen LogP contribution in [0.25, 0.3) is 66.1 Å². The molecule has 0 fully saturated rings. The quantitative estimate of drug-likeness (QED) is 0.162. The Morgan fingerprint density at radius 3 is 1.25 bits per heavy atom. The summed E-state index contributed by atoms with van der Waals surface area (Å²) in [6.45, 7) is 12.5. The second-order valence-corrected chi connectivity index (χ2v) is 15.7. The van der Waals surface area contributed by atoms with Gasteiger partial charge in [-0.25, -0.2) is 8.78 Å². The van der Waals surface area contributed by atoms with Crippen molar-refractivity contribution in [1.82, 2.24) is 9.13 Å². The van der Waals surface area contributed by atoms with Gasteiger partial charge in [-0.15, -0.1) is 0 Å². The molecular weight excluding hydrogens is 663 g/mol. The van der Waals surface area contributed by atoms with Crippen molar-refractivity contribution in [1.29, 1.82) is 0 Å². The smallest absolute Gasteiger partial charge is 0.309 e. The van der Waals surface area contributed by atoms with Gasteiger partial charge in [-0.1, -0.05) is 96.1 Å². The summed E-state index contributed by atoms with van der Waals surface area (Å²) in [5.41, 5.74) is 2.04. The van der Waals surface area contributed by atoms with Gasteiger partial charge in [0.05, 0.1) is 39.0 Å². The largest absolute Gasteiger partial charge is 0.420 e. The average Bonchev–Trinajstić information content (AvgIpc) is 3.59. The number of hydrogen-bond acceptors (Lipinski definition) is 0. The van der Waals surface area contributed by atoms with Crippen LogP contribution in [0.15, 0.2) is 115 Å². The Kier molecular flexibility index (Phi) is 7.48. The van der Waals surface area contributed by atoms with Crippen LogP contribution in [0.1, 0.15) is 58.2 Å². The minimum atomic E-state index is -4.89. The van der Waals surface area contributed by atoms with Crippen molar-refractivity contribution in [2.75, 3.05) is 0 Å². The van der Waals surface area contributed by atoms with E-state index in [1.165, 1.54) is 18.2 Å². The first-order valence-corrected chi connectivity index (χ1v) is 17.3. The van der Waals surface area contributed by atoms with Gasteiger partial charge in [-0.2, -0.15) is 13.2 Å². The number of para-hydroxylation sites is 2. The molecule has 0 radical (unpaired) electrons. The third-order valence-electron chi connectivity index (χ3n) is 10.2. The molecule has 0 unspecified atom stereocenters. The van der Waals surface area contributed by atoms with Crippen LogP contribution in [0.2, 0.25) is 0 Å². The SMILES string of the molecule is CC(C)(C)c1ccc2c(c1)c1ccccc1n2-c1cc(-c2c(F)cccc2F)cc(-n2c3ccccc3c3cc(C(C)(C)C)ccc32)c1C(F)(F)F. The fraction of sp³-hybridized carbons (Fsp3) is 0.200. The minimum Gasteiger partial charge on any atom is -0.309 e. The van der Waals surface area contributed by atoms with Gasteiger partial charge < -0.3 is 9.13 Å². The van der Waals surface area contributed by atoms with Gasteiger partial charge in [0.2, 0.25) is 0 Å². The molecule has 0 N–H and O–H groups in total. The second-order valence-electron chi connectivity index (χ2n) is 15.7. The van der Waals surface area contributed by atoms with Crippen molar-refractivity contribution >= 4 is 43.6 Å². The molecule has 7 heteroatoms. The van der Waals surface area contributed by atoms with Crippen LogP contribution in [0, 0.1) is 11.6 Å². The molecule has 2 heterocycles. The van der Waals surface area contributed by atoms with Crippen molar-refractivity contribution < 1.29 is 22.0 Å². The van der Waals surface area contributed by atoms with E-state index in [4.69, 9.17) is 0 Å². The van der Waals surface area contributed by atoms with E-state index < -0.39 is 28.9 Å². The molecule has 8 rings (SSSR count). The van der Waals surface area contributed by atoms with E-state index in [0.29, 0.717) is 22.1 Å². The number of hydrogen-bond donors (Lipinski definition) is 0. The first-order chi connectivity index (χ1) is 24.5. The zero-order valence-corrected chi connectivity index (χ0v) is 29.8. The molecule has 2 aromatic heterocycles. The van der Waals surface area contributed by atoms with Gasteiger partial charge in [0, 0.05) is 21.5 Å². The highest BCUT2D eigenvalue weighted by Gasteiger charge is 2.40. The van der Waals surface area contributed by atoms with E-state index in [1.54, 1.807) is 33.4 Å². The van der Waals surface area contributed by atoms with Crippen LogP contribution in [-0.2, 0) is 17.0 Å². The van der Waals surface area contributed by atoms with Gasteiger partial charge in [0.25, 0.3) is 0 Å². The Hall–Kier alpha value is -5.43. The lowest BCUT2D eigenvalue weighted by Gasteiger charge is -2.24. The zero-order valence-electron chi connectivity index (χ0n) is 29.8. The van der Waals surface area contributed by atoms with Gasteiger partial charge in [-0.3, -0.25) is 0 Å². The predicted molar refractivity (Wildman–Crippen MR) is 203 cm³/mol. The third kappa shape index (κ3) is 5.28. The van der Waals surface area contributed by atoms with Crippen molar-refractivity contribution in [3.8, 4) is 22.5 Å². The van der Waals surface area contributed by atoms with E-state index in [0.717, 1.165) is 44.8 Å². The molecule has 0 atom stereocenters. The number of alkyl halides is 3. The number of halogens is 5. The summed E-state index contributed by atoms with van der Waals surface area (Å²) in [6.07, 6.45) is -4.89. The molecule has 0 aliphatic heterocycles. The van der Waals surface area contributed by atoms with E-state index in [1.807, 2.05) is 60.7 Å². The summed E-state index contributed by atoms with van der Waals surface area (Å²) < 4.78 is 82.7. The number of rotatable bonds is 3. The van der Waals surface area contributed by atoms with E-state index in [-0.39, 0.29) is 27.8 Å². The summed E-state index contributed by atoms with van der Waals surface area (Å²) in [5.74, 6) is -1.74. The number of fused-ring (bicyclic) bond motifs is 6. The van der Waals surface area contributed by atoms with Crippen molar-refractivity contribution in [3.63, 3.8) is 0 Å². The van der Waals surface area contributed by atoms with Crippen LogP contribution in [-0.4, -0.2) is 9.13 Å². The Bertz CT molecular complexity index is 2540. The minimum absolute atomic E-state index is 0.0110. The number of aromatic nitrogens is 2. The van der Waals surface area contributed by atoms with Crippen LogP contribution < -0.4 is 0 Å². The molecule has 0 aliphatic rings. The van der Waals surface area contributed by atoms with Crippen LogP contribution in [0.3, 0.4) is 0 Å².